The SMILES string of the molecule is Nc1cnccc1-c1nc(Cc2ccc(O)cc2)no1. The molecule has 0 saturated heterocycles. The molecule has 2 aromatic heterocycles. The number of benzene rings is 1. The first-order chi connectivity index (χ1) is 9.72. The molecule has 0 bridgehead atoms. The largest absolute Gasteiger partial charge is 0.508 e. The van der Waals surface area contributed by atoms with Crippen LogP contribution in [-0.4, -0.2) is 20.2 Å². The average molecular weight is 268 g/mol. The third kappa shape index (κ3) is 2.44. The number of phenols is 1. The Morgan fingerprint density at radius 3 is 2.70 bits per heavy atom. The lowest BCUT2D eigenvalue weighted by Crippen LogP contribution is -1.92. The van der Waals surface area contributed by atoms with E-state index in [1.807, 2.05) is 12.1 Å². The molecule has 0 fully saturated rings. The smallest absolute Gasteiger partial charge is 0.260 e. The van der Waals surface area contributed by atoms with Crippen LogP contribution in [0.4, 0.5) is 5.69 Å². The van der Waals surface area contributed by atoms with E-state index < -0.39 is 0 Å². The van der Waals surface area contributed by atoms with E-state index in [-0.39, 0.29) is 5.75 Å². The summed E-state index contributed by atoms with van der Waals surface area (Å²) in [5.74, 6) is 1.16. The van der Waals surface area contributed by atoms with E-state index in [4.69, 9.17) is 10.3 Å². The summed E-state index contributed by atoms with van der Waals surface area (Å²) in [4.78, 5) is 8.23. The Hall–Kier alpha value is -2.89. The molecule has 0 saturated carbocycles. The first-order valence-electron chi connectivity index (χ1n) is 6.03. The van der Waals surface area contributed by atoms with Gasteiger partial charge in [0.25, 0.3) is 5.89 Å². The van der Waals surface area contributed by atoms with E-state index in [9.17, 15) is 5.11 Å². The number of nitrogens with zero attached hydrogens (tertiary/aromatic N) is 3. The van der Waals surface area contributed by atoms with Crippen molar-refractivity contribution in [3.63, 3.8) is 0 Å². The van der Waals surface area contributed by atoms with Crippen LogP contribution in [0, 0.1) is 0 Å². The average Bonchev–Trinajstić information content (AvgIpc) is 2.90. The molecule has 0 aliphatic heterocycles. The number of anilines is 1. The summed E-state index contributed by atoms with van der Waals surface area (Å²) >= 11 is 0. The summed E-state index contributed by atoms with van der Waals surface area (Å²) in [6.45, 7) is 0. The second-order valence-corrected chi connectivity index (χ2v) is 4.32. The van der Waals surface area contributed by atoms with Gasteiger partial charge in [0, 0.05) is 12.6 Å². The molecule has 0 unspecified atom stereocenters. The molecule has 6 heteroatoms. The van der Waals surface area contributed by atoms with Gasteiger partial charge in [-0.1, -0.05) is 17.3 Å². The Kier molecular flexibility index (Phi) is 3.04. The van der Waals surface area contributed by atoms with Gasteiger partial charge in [-0.15, -0.1) is 0 Å². The van der Waals surface area contributed by atoms with Crippen LogP contribution in [0.2, 0.25) is 0 Å². The molecule has 3 aromatic rings. The predicted molar refractivity (Wildman–Crippen MR) is 72.9 cm³/mol. The molecule has 3 rings (SSSR count). The van der Waals surface area contributed by atoms with Crippen molar-refractivity contribution in [3.05, 3.63) is 54.1 Å². The predicted octanol–water partition coefficient (Wildman–Crippen LogP) is 2.01. The summed E-state index contributed by atoms with van der Waals surface area (Å²) in [7, 11) is 0. The van der Waals surface area contributed by atoms with Crippen molar-refractivity contribution >= 4 is 5.69 Å². The van der Waals surface area contributed by atoms with Crippen molar-refractivity contribution < 1.29 is 9.63 Å². The van der Waals surface area contributed by atoms with Gasteiger partial charge < -0.3 is 15.4 Å². The zero-order chi connectivity index (χ0) is 13.9. The van der Waals surface area contributed by atoms with Gasteiger partial charge in [-0.2, -0.15) is 4.98 Å². The van der Waals surface area contributed by atoms with E-state index in [0.29, 0.717) is 29.4 Å². The number of hydrogen-bond donors (Lipinski definition) is 2. The zero-order valence-corrected chi connectivity index (χ0v) is 10.5. The minimum absolute atomic E-state index is 0.229. The monoisotopic (exact) mass is 268 g/mol. The minimum Gasteiger partial charge on any atom is -0.508 e. The van der Waals surface area contributed by atoms with Crippen LogP contribution in [0.15, 0.2) is 47.2 Å². The van der Waals surface area contributed by atoms with Gasteiger partial charge in [0.15, 0.2) is 5.82 Å². The maximum Gasteiger partial charge on any atom is 0.260 e. The molecule has 3 N–H and O–H groups in total. The molecule has 0 atom stereocenters. The summed E-state index contributed by atoms with van der Waals surface area (Å²) < 4.78 is 5.21. The highest BCUT2D eigenvalue weighted by Gasteiger charge is 2.11. The lowest BCUT2D eigenvalue weighted by Gasteiger charge is -1.98. The van der Waals surface area contributed by atoms with Crippen LogP contribution in [0.1, 0.15) is 11.4 Å². The number of rotatable bonds is 3. The van der Waals surface area contributed by atoms with Crippen molar-refractivity contribution in [1.82, 2.24) is 15.1 Å². The Balaban J connectivity index is 1.84. The van der Waals surface area contributed by atoms with Crippen molar-refractivity contribution in [2.24, 2.45) is 0 Å². The quantitative estimate of drug-likeness (QED) is 0.754. The van der Waals surface area contributed by atoms with E-state index in [2.05, 4.69) is 15.1 Å². The number of aromatic nitrogens is 3. The third-order valence-corrected chi connectivity index (χ3v) is 2.85. The second kappa shape index (κ2) is 5.00. The number of nitrogens with two attached hydrogens (primary N) is 1. The van der Waals surface area contributed by atoms with Crippen LogP contribution >= 0.6 is 0 Å². The highest BCUT2D eigenvalue weighted by Crippen LogP contribution is 2.23. The van der Waals surface area contributed by atoms with Gasteiger partial charge in [-0.3, -0.25) is 4.98 Å². The maximum absolute atomic E-state index is 9.24. The van der Waals surface area contributed by atoms with Gasteiger partial charge in [0.2, 0.25) is 0 Å². The van der Waals surface area contributed by atoms with Crippen LogP contribution in [0.5, 0.6) is 5.75 Å². The zero-order valence-electron chi connectivity index (χ0n) is 10.5. The van der Waals surface area contributed by atoms with E-state index in [1.165, 1.54) is 0 Å². The molecule has 0 spiro atoms. The van der Waals surface area contributed by atoms with Gasteiger partial charge >= 0.3 is 0 Å². The summed E-state index contributed by atoms with van der Waals surface area (Å²) in [5.41, 5.74) is 7.96. The number of nitrogen functional groups attached to an aromatic ring is 1. The number of pyridine rings is 1. The molecule has 2 heterocycles. The molecular weight excluding hydrogens is 256 g/mol. The Morgan fingerprint density at radius 1 is 1.15 bits per heavy atom. The van der Waals surface area contributed by atoms with E-state index in [0.717, 1.165) is 5.56 Å². The molecule has 6 nitrogen and oxygen atoms in total. The molecular formula is C14H12N4O2. The standard InChI is InChI=1S/C14H12N4O2/c15-12-8-16-6-5-11(12)14-17-13(18-20-14)7-9-1-3-10(19)4-2-9/h1-6,8,19H,7,15H2. The van der Waals surface area contributed by atoms with Crippen molar-refractivity contribution in [2.45, 2.75) is 6.42 Å². The van der Waals surface area contributed by atoms with Gasteiger partial charge in [0.05, 0.1) is 17.4 Å². The summed E-state index contributed by atoms with van der Waals surface area (Å²) in [6, 6.07) is 8.60. The van der Waals surface area contributed by atoms with Crippen molar-refractivity contribution in [3.8, 4) is 17.2 Å². The fourth-order valence-corrected chi connectivity index (χ4v) is 1.83. The van der Waals surface area contributed by atoms with Crippen LogP contribution in [0.3, 0.4) is 0 Å². The molecule has 1 aromatic carbocycles. The Morgan fingerprint density at radius 2 is 1.95 bits per heavy atom. The molecule has 20 heavy (non-hydrogen) atoms. The fraction of sp³-hybridized carbons (Fsp3) is 0.0714. The van der Waals surface area contributed by atoms with E-state index >= 15 is 0 Å². The topological polar surface area (TPSA) is 98.1 Å². The molecule has 0 radical (unpaired) electrons. The van der Waals surface area contributed by atoms with Gasteiger partial charge in [-0.25, -0.2) is 0 Å². The summed E-state index contributed by atoms with van der Waals surface area (Å²) in [6.07, 6.45) is 3.68. The third-order valence-electron chi connectivity index (χ3n) is 2.85. The van der Waals surface area contributed by atoms with Crippen LogP contribution in [0.25, 0.3) is 11.5 Å². The highest BCUT2D eigenvalue weighted by molar-refractivity contribution is 5.68. The lowest BCUT2D eigenvalue weighted by molar-refractivity contribution is 0.424. The summed E-state index contributed by atoms with van der Waals surface area (Å²) in [5, 5.41) is 13.2. The molecule has 0 aliphatic rings. The van der Waals surface area contributed by atoms with Crippen LogP contribution < -0.4 is 5.73 Å². The van der Waals surface area contributed by atoms with Crippen LogP contribution in [-0.2, 0) is 6.42 Å². The number of hydrogen-bond acceptors (Lipinski definition) is 6. The lowest BCUT2D eigenvalue weighted by atomic mass is 10.1. The first kappa shape index (κ1) is 12.2. The van der Waals surface area contributed by atoms with Crippen molar-refractivity contribution in [1.29, 1.82) is 0 Å². The van der Waals surface area contributed by atoms with Gasteiger partial charge in [0.1, 0.15) is 5.75 Å². The second-order valence-electron chi connectivity index (χ2n) is 4.32. The first-order valence-corrected chi connectivity index (χ1v) is 6.03. The molecule has 100 valence electrons. The Labute approximate surface area is 114 Å². The van der Waals surface area contributed by atoms with Gasteiger partial charge in [-0.05, 0) is 23.8 Å². The minimum atomic E-state index is 0.229. The molecule has 0 amide bonds. The Bertz CT molecular complexity index is 722. The normalized spacial score (nSPS) is 10.6. The maximum atomic E-state index is 9.24. The van der Waals surface area contributed by atoms with Crippen molar-refractivity contribution in [2.75, 3.05) is 5.73 Å². The number of aromatic hydroxyl groups is 1. The molecule has 0 aliphatic carbocycles. The van der Waals surface area contributed by atoms with E-state index in [1.54, 1.807) is 30.6 Å². The number of phenolic OH excluding ortho intramolecular Hbond substituents is 1. The highest BCUT2D eigenvalue weighted by atomic mass is 16.5. The fourth-order valence-electron chi connectivity index (χ4n) is 1.83.